The first-order chi connectivity index (χ1) is 8.65. The van der Waals surface area contributed by atoms with E-state index in [0.29, 0.717) is 0 Å². The van der Waals surface area contributed by atoms with Crippen molar-refractivity contribution in [1.29, 1.82) is 0 Å². The third-order valence-corrected chi connectivity index (χ3v) is 3.37. The highest BCUT2D eigenvalue weighted by Crippen LogP contribution is 2.17. The van der Waals surface area contributed by atoms with Crippen LogP contribution in [0.3, 0.4) is 0 Å². The summed E-state index contributed by atoms with van der Waals surface area (Å²) in [6.07, 6.45) is 0. The highest BCUT2D eigenvalue weighted by atomic mass is 35.5. The van der Waals surface area contributed by atoms with Crippen molar-refractivity contribution in [3.05, 3.63) is 69.2 Å². The van der Waals surface area contributed by atoms with Crippen molar-refractivity contribution in [3.63, 3.8) is 0 Å². The lowest BCUT2D eigenvalue weighted by molar-refractivity contribution is 0.693. The standard InChI is InChI=1S/C15H15Cl2N/c1-11-2-5-13(15(17)8-11)10-18-9-12-3-6-14(16)7-4-12/h2-8,18H,9-10H2,1H3. The molecule has 94 valence electrons. The molecule has 1 nitrogen and oxygen atoms in total. The molecule has 0 amide bonds. The molecule has 2 aromatic carbocycles. The van der Waals surface area contributed by atoms with Crippen molar-refractivity contribution >= 4 is 23.2 Å². The molecule has 0 bridgehead atoms. The summed E-state index contributed by atoms with van der Waals surface area (Å²) < 4.78 is 0. The number of rotatable bonds is 4. The van der Waals surface area contributed by atoms with Gasteiger partial charge in [0.2, 0.25) is 0 Å². The Hall–Kier alpha value is -1.02. The van der Waals surface area contributed by atoms with E-state index in [2.05, 4.69) is 17.4 Å². The Bertz CT molecular complexity index is 521. The smallest absolute Gasteiger partial charge is 0.0453 e. The van der Waals surface area contributed by atoms with Gasteiger partial charge in [0.25, 0.3) is 0 Å². The highest BCUT2D eigenvalue weighted by molar-refractivity contribution is 6.31. The molecule has 0 unspecified atom stereocenters. The van der Waals surface area contributed by atoms with Crippen LogP contribution in [-0.2, 0) is 13.1 Å². The largest absolute Gasteiger partial charge is 0.309 e. The van der Waals surface area contributed by atoms with Gasteiger partial charge in [0.05, 0.1) is 0 Å². The average Bonchev–Trinajstić information content (AvgIpc) is 2.34. The van der Waals surface area contributed by atoms with Gasteiger partial charge in [-0.05, 0) is 41.8 Å². The molecule has 0 aliphatic heterocycles. The zero-order valence-electron chi connectivity index (χ0n) is 10.2. The molecule has 0 aromatic heterocycles. The van der Waals surface area contributed by atoms with Gasteiger partial charge in [-0.3, -0.25) is 0 Å². The average molecular weight is 280 g/mol. The topological polar surface area (TPSA) is 12.0 Å². The van der Waals surface area contributed by atoms with Crippen molar-refractivity contribution in [3.8, 4) is 0 Å². The summed E-state index contributed by atoms with van der Waals surface area (Å²) in [5.74, 6) is 0. The maximum absolute atomic E-state index is 6.17. The normalized spacial score (nSPS) is 10.6. The zero-order chi connectivity index (χ0) is 13.0. The summed E-state index contributed by atoms with van der Waals surface area (Å²) in [5, 5.41) is 4.95. The minimum Gasteiger partial charge on any atom is -0.309 e. The monoisotopic (exact) mass is 279 g/mol. The van der Waals surface area contributed by atoms with Crippen LogP contribution in [0, 0.1) is 6.92 Å². The third-order valence-electron chi connectivity index (χ3n) is 2.77. The molecule has 1 N–H and O–H groups in total. The number of nitrogens with one attached hydrogen (secondary N) is 1. The van der Waals surface area contributed by atoms with Gasteiger partial charge in [-0.25, -0.2) is 0 Å². The summed E-state index contributed by atoms with van der Waals surface area (Å²) in [4.78, 5) is 0. The fourth-order valence-corrected chi connectivity index (χ4v) is 2.17. The number of benzene rings is 2. The fourth-order valence-electron chi connectivity index (χ4n) is 1.74. The lowest BCUT2D eigenvalue weighted by atomic mass is 10.1. The molecule has 2 rings (SSSR count). The number of hydrogen-bond acceptors (Lipinski definition) is 1. The second kappa shape index (κ2) is 6.24. The lowest BCUT2D eigenvalue weighted by Crippen LogP contribution is -2.12. The molecule has 18 heavy (non-hydrogen) atoms. The van der Waals surface area contributed by atoms with E-state index in [1.807, 2.05) is 37.3 Å². The Labute approximate surface area is 118 Å². The molecule has 0 atom stereocenters. The van der Waals surface area contributed by atoms with Gasteiger partial charge in [0.15, 0.2) is 0 Å². The van der Waals surface area contributed by atoms with Gasteiger partial charge in [-0.1, -0.05) is 47.5 Å². The van der Waals surface area contributed by atoms with Crippen LogP contribution in [0.4, 0.5) is 0 Å². The van der Waals surface area contributed by atoms with Crippen molar-refractivity contribution in [1.82, 2.24) is 5.32 Å². The summed E-state index contributed by atoms with van der Waals surface area (Å²) in [7, 11) is 0. The zero-order valence-corrected chi connectivity index (χ0v) is 11.7. The van der Waals surface area contributed by atoms with Gasteiger partial charge in [0.1, 0.15) is 0 Å². The van der Waals surface area contributed by atoms with E-state index >= 15 is 0 Å². The SMILES string of the molecule is Cc1ccc(CNCc2ccc(Cl)cc2)c(Cl)c1. The minimum absolute atomic E-state index is 0.764. The first-order valence-electron chi connectivity index (χ1n) is 5.85. The van der Waals surface area contributed by atoms with E-state index in [-0.39, 0.29) is 0 Å². The summed E-state index contributed by atoms with van der Waals surface area (Å²) in [5.41, 5.74) is 3.51. The Balaban J connectivity index is 1.90. The number of aryl methyl sites for hydroxylation is 1. The van der Waals surface area contributed by atoms with E-state index in [1.165, 1.54) is 11.1 Å². The van der Waals surface area contributed by atoms with Crippen LogP contribution in [0.5, 0.6) is 0 Å². The van der Waals surface area contributed by atoms with E-state index in [0.717, 1.165) is 28.7 Å². The highest BCUT2D eigenvalue weighted by Gasteiger charge is 2.00. The predicted octanol–water partition coefficient (Wildman–Crippen LogP) is 4.59. The Morgan fingerprint density at radius 3 is 2.33 bits per heavy atom. The molecule has 0 spiro atoms. The van der Waals surface area contributed by atoms with Gasteiger partial charge < -0.3 is 5.32 Å². The first kappa shape index (κ1) is 13.4. The van der Waals surface area contributed by atoms with Gasteiger partial charge in [-0.2, -0.15) is 0 Å². The fraction of sp³-hybridized carbons (Fsp3) is 0.200. The van der Waals surface area contributed by atoms with E-state index < -0.39 is 0 Å². The molecule has 0 aliphatic carbocycles. The maximum atomic E-state index is 6.17. The molecule has 0 aliphatic rings. The third kappa shape index (κ3) is 3.74. The minimum atomic E-state index is 0.764. The predicted molar refractivity (Wildman–Crippen MR) is 78.2 cm³/mol. The first-order valence-corrected chi connectivity index (χ1v) is 6.61. The molecule has 0 saturated heterocycles. The maximum Gasteiger partial charge on any atom is 0.0453 e. The van der Waals surface area contributed by atoms with E-state index in [4.69, 9.17) is 23.2 Å². The van der Waals surface area contributed by atoms with Crippen molar-refractivity contribution in [2.45, 2.75) is 20.0 Å². The van der Waals surface area contributed by atoms with Crippen LogP contribution in [0.1, 0.15) is 16.7 Å². The van der Waals surface area contributed by atoms with Gasteiger partial charge >= 0.3 is 0 Å². The Morgan fingerprint density at radius 2 is 1.67 bits per heavy atom. The van der Waals surface area contributed by atoms with Crippen LogP contribution in [0.2, 0.25) is 10.0 Å². The molecule has 0 heterocycles. The summed E-state index contributed by atoms with van der Waals surface area (Å²) in [6, 6.07) is 14.0. The molecular formula is C15H15Cl2N. The van der Waals surface area contributed by atoms with Gasteiger partial charge in [0, 0.05) is 23.1 Å². The molecule has 0 saturated carbocycles. The quantitative estimate of drug-likeness (QED) is 0.863. The molecule has 2 aromatic rings. The Kier molecular flexibility index (Phi) is 4.65. The molecule has 3 heteroatoms. The van der Waals surface area contributed by atoms with Crippen molar-refractivity contribution in [2.24, 2.45) is 0 Å². The van der Waals surface area contributed by atoms with Crippen LogP contribution < -0.4 is 5.32 Å². The van der Waals surface area contributed by atoms with Crippen molar-refractivity contribution < 1.29 is 0 Å². The van der Waals surface area contributed by atoms with Crippen LogP contribution in [-0.4, -0.2) is 0 Å². The molecule has 0 fully saturated rings. The number of hydrogen-bond donors (Lipinski definition) is 1. The number of halogens is 2. The molecule has 0 radical (unpaired) electrons. The summed E-state index contributed by atoms with van der Waals surface area (Å²) >= 11 is 12.0. The summed E-state index contributed by atoms with van der Waals surface area (Å²) in [6.45, 7) is 3.61. The van der Waals surface area contributed by atoms with Crippen LogP contribution >= 0.6 is 23.2 Å². The Morgan fingerprint density at radius 1 is 0.944 bits per heavy atom. The second-order valence-electron chi connectivity index (χ2n) is 4.32. The van der Waals surface area contributed by atoms with Crippen LogP contribution in [0.15, 0.2) is 42.5 Å². The van der Waals surface area contributed by atoms with E-state index in [9.17, 15) is 0 Å². The van der Waals surface area contributed by atoms with E-state index in [1.54, 1.807) is 0 Å². The molecular weight excluding hydrogens is 265 g/mol. The van der Waals surface area contributed by atoms with Crippen molar-refractivity contribution in [2.75, 3.05) is 0 Å². The van der Waals surface area contributed by atoms with Gasteiger partial charge in [-0.15, -0.1) is 0 Å². The second-order valence-corrected chi connectivity index (χ2v) is 5.17. The lowest BCUT2D eigenvalue weighted by Gasteiger charge is -2.07. The van der Waals surface area contributed by atoms with Crippen LogP contribution in [0.25, 0.3) is 0 Å².